The van der Waals surface area contributed by atoms with Gasteiger partial charge in [0.1, 0.15) is 0 Å². The summed E-state index contributed by atoms with van der Waals surface area (Å²) in [4.78, 5) is 22.8. The maximum atomic E-state index is 11.2. The first-order valence-electron chi connectivity index (χ1n) is 5.03. The number of non-ortho nitro benzene ring substituents is 1. The minimum Gasteiger partial charge on any atom is -0.339 e. The van der Waals surface area contributed by atoms with Gasteiger partial charge in [-0.15, -0.1) is 0 Å². The zero-order chi connectivity index (χ0) is 12.1. The summed E-state index contributed by atoms with van der Waals surface area (Å²) >= 11 is 0. The number of amides is 1. The number of nitro benzene ring substituents is 1. The van der Waals surface area contributed by atoms with Gasteiger partial charge in [-0.25, -0.2) is 0 Å². The van der Waals surface area contributed by atoms with Crippen molar-refractivity contribution in [2.24, 2.45) is 0 Å². The van der Waals surface area contributed by atoms with Gasteiger partial charge in [-0.3, -0.25) is 14.9 Å². The number of benzene rings is 1. The lowest BCUT2D eigenvalue weighted by Crippen LogP contribution is -2.27. The van der Waals surface area contributed by atoms with E-state index in [1.54, 1.807) is 17.0 Å². The molecule has 1 amide bonds. The standard InChI is InChI=1S/C11H14N2O3/c1-3-12(9(2)14)8-10-4-6-11(7-5-10)13(15)16/h4-7H,3,8H2,1-2H3. The third kappa shape index (κ3) is 3.05. The number of hydrogen-bond acceptors (Lipinski definition) is 3. The average molecular weight is 222 g/mol. The first-order valence-corrected chi connectivity index (χ1v) is 5.03. The number of nitrogens with zero attached hydrogens (tertiary/aromatic N) is 2. The molecule has 0 unspecified atom stereocenters. The maximum Gasteiger partial charge on any atom is 0.269 e. The molecule has 0 aliphatic carbocycles. The fourth-order valence-corrected chi connectivity index (χ4v) is 1.39. The van der Waals surface area contributed by atoms with Crippen LogP contribution in [0, 0.1) is 10.1 Å². The highest BCUT2D eigenvalue weighted by atomic mass is 16.6. The Hall–Kier alpha value is -1.91. The highest BCUT2D eigenvalue weighted by Crippen LogP contribution is 2.13. The van der Waals surface area contributed by atoms with E-state index in [0.29, 0.717) is 13.1 Å². The second-order valence-corrected chi connectivity index (χ2v) is 3.46. The molecule has 0 heterocycles. The van der Waals surface area contributed by atoms with Crippen LogP contribution in [0.4, 0.5) is 5.69 Å². The largest absolute Gasteiger partial charge is 0.339 e. The van der Waals surface area contributed by atoms with E-state index >= 15 is 0 Å². The minimum atomic E-state index is -0.438. The van der Waals surface area contributed by atoms with Gasteiger partial charge in [0.05, 0.1) is 4.92 Å². The molecule has 86 valence electrons. The SMILES string of the molecule is CCN(Cc1ccc([N+](=O)[O-])cc1)C(C)=O. The van der Waals surface area contributed by atoms with Crippen molar-refractivity contribution in [3.63, 3.8) is 0 Å². The van der Waals surface area contributed by atoms with Crippen molar-refractivity contribution in [3.05, 3.63) is 39.9 Å². The summed E-state index contributed by atoms with van der Waals surface area (Å²) in [6.45, 7) is 4.53. The Morgan fingerprint density at radius 1 is 1.38 bits per heavy atom. The molecule has 0 spiro atoms. The third-order valence-corrected chi connectivity index (χ3v) is 2.35. The van der Waals surface area contributed by atoms with Gasteiger partial charge < -0.3 is 4.90 Å². The Balaban J connectivity index is 2.75. The summed E-state index contributed by atoms with van der Waals surface area (Å²) in [5.74, 6) is 0.000790. The Kier molecular flexibility index (Phi) is 3.99. The monoisotopic (exact) mass is 222 g/mol. The normalized spacial score (nSPS) is 9.88. The van der Waals surface area contributed by atoms with Crippen LogP contribution < -0.4 is 0 Å². The van der Waals surface area contributed by atoms with E-state index in [9.17, 15) is 14.9 Å². The molecule has 0 N–H and O–H groups in total. The fourth-order valence-electron chi connectivity index (χ4n) is 1.39. The second kappa shape index (κ2) is 5.25. The molecule has 0 radical (unpaired) electrons. The summed E-state index contributed by atoms with van der Waals surface area (Å²) < 4.78 is 0. The summed E-state index contributed by atoms with van der Waals surface area (Å²) in [5, 5.41) is 10.4. The van der Waals surface area contributed by atoms with Crippen molar-refractivity contribution in [3.8, 4) is 0 Å². The predicted molar refractivity (Wildman–Crippen MR) is 59.9 cm³/mol. The summed E-state index contributed by atoms with van der Waals surface area (Å²) in [6, 6.07) is 6.24. The molecule has 16 heavy (non-hydrogen) atoms. The molecule has 5 nitrogen and oxygen atoms in total. The van der Waals surface area contributed by atoms with Crippen LogP contribution in [0.2, 0.25) is 0 Å². The van der Waals surface area contributed by atoms with Crippen molar-refractivity contribution < 1.29 is 9.72 Å². The van der Waals surface area contributed by atoms with Crippen molar-refractivity contribution in [1.82, 2.24) is 4.90 Å². The lowest BCUT2D eigenvalue weighted by atomic mass is 10.2. The van der Waals surface area contributed by atoms with E-state index in [2.05, 4.69) is 0 Å². The van der Waals surface area contributed by atoms with Gasteiger partial charge in [-0.1, -0.05) is 12.1 Å². The van der Waals surface area contributed by atoms with Gasteiger partial charge >= 0.3 is 0 Å². The van der Waals surface area contributed by atoms with Gasteiger partial charge in [0.15, 0.2) is 0 Å². The van der Waals surface area contributed by atoms with Gasteiger partial charge in [-0.2, -0.15) is 0 Å². The highest BCUT2D eigenvalue weighted by molar-refractivity contribution is 5.73. The number of rotatable bonds is 4. The van der Waals surface area contributed by atoms with Crippen LogP contribution >= 0.6 is 0 Å². The Bertz CT molecular complexity index is 387. The van der Waals surface area contributed by atoms with Crippen LogP contribution in [-0.4, -0.2) is 22.3 Å². The molecule has 5 heteroatoms. The molecule has 1 aromatic rings. The zero-order valence-electron chi connectivity index (χ0n) is 9.34. The van der Waals surface area contributed by atoms with Gasteiger partial charge in [0.25, 0.3) is 5.69 Å². The molecule has 1 rings (SSSR count). The van der Waals surface area contributed by atoms with Crippen LogP contribution in [0.1, 0.15) is 19.4 Å². The molecule has 0 bridgehead atoms. The minimum absolute atomic E-state index is 0.000790. The van der Waals surface area contributed by atoms with Gasteiger partial charge in [0, 0.05) is 32.1 Å². The van der Waals surface area contributed by atoms with E-state index in [4.69, 9.17) is 0 Å². The molecular formula is C11H14N2O3. The lowest BCUT2D eigenvalue weighted by Gasteiger charge is -2.18. The van der Waals surface area contributed by atoms with E-state index in [0.717, 1.165) is 5.56 Å². The van der Waals surface area contributed by atoms with Gasteiger partial charge in [-0.05, 0) is 12.5 Å². The van der Waals surface area contributed by atoms with Crippen molar-refractivity contribution in [2.75, 3.05) is 6.54 Å². The molecular weight excluding hydrogens is 208 g/mol. The summed E-state index contributed by atoms with van der Waals surface area (Å²) in [6.07, 6.45) is 0. The maximum absolute atomic E-state index is 11.2. The van der Waals surface area contributed by atoms with Crippen LogP contribution in [-0.2, 0) is 11.3 Å². The molecule has 0 aromatic heterocycles. The quantitative estimate of drug-likeness (QED) is 0.577. The molecule has 0 saturated heterocycles. The van der Waals surface area contributed by atoms with E-state index in [1.165, 1.54) is 19.1 Å². The first-order chi connectivity index (χ1) is 7.54. The Labute approximate surface area is 93.8 Å². The van der Waals surface area contributed by atoms with E-state index in [-0.39, 0.29) is 11.6 Å². The highest BCUT2D eigenvalue weighted by Gasteiger charge is 2.08. The molecule has 0 aliphatic rings. The van der Waals surface area contributed by atoms with E-state index in [1.807, 2.05) is 6.92 Å². The molecule has 0 aliphatic heterocycles. The van der Waals surface area contributed by atoms with Crippen LogP contribution in [0.15, 0.2) is 24.3 Å². The van der Waals surface area contributed by atoms with E-state index < -0.39 is 4.92 Å². The Morgan fingerprint density at radius 2 is 1.94 bits per heavy atom. The summed E-state index contributed by atoms with van der Waals surface area (Å²) in [7, 11) is 0. The molecule has 0 atom stereocenters. The van der Waals surface area contributed by atoms with Crippen LogP contribution in [0.25, 0.3) is 0 Å². The predicted octanol–water partition coefficient (Wildman–Crippen LogP) is 1.96. The molecule has 0 fully saturated rings. The van der Waals surface area contributed by atoms with Crippen LogP contribution in [0.3, 0.4) is 0 Å². The smallest absolute Gasteiger partial charge is 0.269 e. The second-order valence-electron chi connectivity index (χ2n) is 3.46. The summed E-state index contributed by atoms with van der Waals surface area (Å²) in [5.41, 5.74) is 0.956. The number of hydrogen-bond donors (Lipinski definition) is 0. The van der Waals surface area contributed by atoms with Crippen molar-refractivity contribution >= 4 is 11.6 Å². The van der Waals surface area contributed by atoms with Crippen molar-refractivity contribution in [2.45, 2.75) is 20.4 Å². The first kappa shape index (κ1) is 12.2. The lowest BCUT2D eigenvalue weighted by molar-refractivity contribution is -0.384. The van der Waals surface area contributed by atoms with Crippen molar-refractivity contribution in [1.29, 1.82) is 0 Å². The Morgan fingerprint density at radius 3 is 2.31 bits per heavy atom. The average Bonchev–Trinajstić information content (AvgIpc) is 2.26. The third-order valence-electron chi connectivity index (χ3n) is 2.35. The molecule has 0 saturated carbocycles. The van der Waals surface area contributed by atoms with Crippen LogP contribution in [0.5, 0.6) is 0 Å². The number of carbonyl (C=O) groups excluding carboxylic acids is 1. The number of nitro groups is 1. The fraction of sp³-hybridized carbons (Fsp3) is 0.364. The number of carbonyl (C=O) groups is 1. The zero-order valence-corrected chi connectivity index (χ0v) is 9.34. The topological polar surface area (TPSA) is 63.4 Å². The van der Waals surface area contributed by atoms with Gasteiger partial charge in [0.2, 0.25) is 5.91 Å². The molecule has 1 aromatic carbocycles.